The number of hydrogen-bond acceptors (Lipinski definition) is 2. The van der Waals surface area contributed by atoms with Crippen molar-refractivity contribution >= 4 is 39.4 Å². The Morgan fingerprint density at radius 3 is 2.68 bits per heavy atom. The van der Waals surface area contributed by atoms with E-state index in [0.29, 0.717) is 0 Å². The molecule has 1 nitrogen and oxygen atoms in total. The average molecular weight is 288 g/mol. The monoisotopic (exact) mass is 287 g/mol. The molecular formula is C16H14ClNS. The zero-order chi connectivity index (χ0) is 13.2. The van der Waals surface area contributed by atoms with Crippen molar-refractivity contribution in [3.63, 3.8) is 0 Å². The molecule has 3 aromatic rings. The molecule has 3 heteroatoms. The Bertz CT molecular complexity index is 699. The van der Waals surface area contributed by atoms with Crippen LogP contribution in [0.2, 0.25) is 4.34 Å². The number of nitrogens with one attached hydrogen (secondary N) is 1. The molecule has 0 fully saturated rings. The molecule has 1 aromatic heterocycles. The Hall–Kier alpha value is -1.51. The van der Waals surface area contributed by atoms with Crippen molar-refractivity contribution < 1.29 is 0 Å². The van der Waals surface area contributed by atoms with Gasteiger partial charge in [0.25, 0.3) is 0 Å². The molecule has 0 saturated carbocycles. The van der Waals surface area contributed by atoms with Crippen LogP contribution in [0.15, 0.2) is 53.9 Å². The van der Waals surface area contributed by atoms with Gasteiger partial charge >= 0.3 is 0 Å². The van der Waals surface area contributed by atoms with Gasteiger partial charge in [0.1, 0.15) is 0 Å². The Morgan fingerprint density at radius 2 is 1.89 bits per heavy atom. The minimum absolute atomic E-state index is 0.245. The fourth-order valence-electron chi connectivity index (χ4n) is 2.22. The number of halogens is 1. The molecule has 0 bridgehead atoms. The van der Waals surface area contributed by atoms with Crippen molar-refractivity contribution in [3.8, 4) is 0 Å². The van der Waals surface area contributed by atoms with Crippen LogP contribution < -0.4 is 5.32 Å². The van der Waals surface area contributed by atoms with Crippen molar-refractivity contribution in [2.24, 2.45) is 0 Å². The van der Waals surface area contributed by atoms with Gasteiger partial charge in [-0.2, -0.15) is 0 Å². The molecule has 0 amide bonds. The molecule has 0 saturated heterocycles. The molecule has 2 aromatic carbocycles. The maximum atomic E-state index is 5.99. The second-order valence-electron chi connectivity index (χ2n) is 4.58. The highest BCUT2D eigenvalue weighted by molar-refractivity contribution is 7.14. The lowest BCUT2D eigenvalue weighted by Crippen LogP contribution is -2.05. The summed E-state index contributed by atoms with van der Waals surface area (Å²) < 4.78 is 0.835. The zero-order valence-electron chi connectivity index (χ0n) is 10.6. The Morgan fingerprint density at radius 1 is 1.11 bits per heavy atom. The van der Waals surface area contributed by atoms with E-state index in [0.717, 1.165) is 10.0 Å². The summed E-state index contributed by atoms with van der Waals surface area (Å²) >= 11 is 7.57. The van der Waals surface area contributed by atoms with E-state index in [1.54, 1.807) is 11.3 Å². The number of thiophene rings is 1. The van der Waals surface area contributed by atoms with E-state index in [9.17, 15) is 0 Å². The van der Waals surface area contributed by atoms with Crippen LogP contribution in [-0.2, 0) is 0 Å². The predicted molar refractivity (Wildman–Crippen MR) is 85.3 cm³/mol. The van der Waals surface area contributed by atoms with E-state index < -0.39 is 0 Å². The summed E-state index contributed by atoms with van der Waals surface area (Å²) in [5.41, 5.74) is 2.39. The van der Waals surface area contributed by atoms with Gasteiger partial charge in [0, 0.05) is 17.1 Å². The average Bonchev–Trinajstić information content (AvgIpc) is 2.86. The Balaban J connectivity index is 1.93. The highest BCUT2D eigenvalue weighted by Gasteiger charge is 2.09. The van der Waals surface area contributed by atoms with Crippen molar-refractivity contribution in [1.29, 1.82) is 0 Å². The maximum absolute atomic E-state index is 5.99. The summed E-state index contributed by atoms with van der Waals surface area (Å²) in [6.45, 7) is 2.15. The predicted octanol–water partition coefficient (Wildman–Crippen LogP) is 5.73. The van der Waals surface area contributed by atoms with Crippen molar-refractivity contribution in [3.05, 3.63) is 63.8 Å². The van der Waals surface area contributed by atoms with E-state index in [2.05, 4.69) is 60.1 Å². The van der Waals surface area contributed by atoms with E-state index in [1.807, 2.05) is 6.07 Å². The van der Waals surface area contributed by atoms with Crippen molar-refractivity contribution in [2.45, 2.75) is 13.0 Å². The minimum atomic E-state index is 0.245. The third kappa shape index (κ3) is 2.60. The lowest BCUT2D eigenvalue weighted by molar-refractivity contribution is 0.893. The van der Waals surface area contributed by atoms with E-state index >= 15 is 0 Å². The van der Waals surface area contributed by atoms with Crippen molar-refractivity contribution in [1.82, 2.24) is 0 Å². The van der Waals surface area contributed by atoms with Gasteiger partial charge < -0.3 is 5.32 Å². The van der Waals surface area contributed by atoms with E-state index in [1.165, 1.54) is 16.3 Å². The first-order chi connectivity index (χ1) is 9.24. The molecule has 3 rings (SSSR count). The molecule has 96 valence electrons. The summed E-state index contributed by atoms with van der Waals surface area (Å²) in [6, 6.07) is 17.0. The third-order valence-corrected chi connectivity index (χ3v) is 4.36. The highest BCUT2D eigenvalue weighted by atomic mass is 35.5. The van der Waals surface area contributed by atoms with Gasteiger partial charge in [0.2, 0.25) is 0 Å². The Labute approximate surface area is 121 Å². The first-order valence-corrected chi connectivity index (χ1v) is 7.48. The number of rotatable bonds is 3. The molecule has 1 atom stereocenters. The first-order valence-electron chi connectivity index (χ1n) is 6.22. The summed E-state index contributed by atoms with van der Waals surface area (Å²) in [5, 5.41) is 8.17. The van der Waals surface area contributed by atoms with Gasteiger partial charge in [-0.15, -0.1) is 11.3 Å². The molecule has 0 radical (unpaired) electrons. The Kier molecular flexibility index (Phi) is 3.45. The SMILES string of the molecule is CC(Nc1cccc2ccccc12)c1csc(Cl)c1. The molecule has 0 spiro atoms. The quantitative estimate of drug-likeness (QED) is 0.649. The molecule has 1 N–H and O–H groups in total. The lowest BCUT2D eigenvalue weighted by Gasteiger charge is -2.16. The maximum Gasteiger partial charge on any atom is 0.0931 e. The largest absolute Gasteiger partial charge is 0.378 e. The third-order valence-electron chi connectivity index (χ3n) is 3.25. The number of anilines is 1. The molecule has 0 aliphatic rings. The topological polar surface area (TPSA) is 12.0 Å². The van der Waals surface area contributed by atoms with Gasteiger partial charge in [-0.1, -0.05) is 48.0 Å². The zero-order valence-corrected chi connectivity index (χ0v) is 12.1. The van der Waals surface area contributed by atoms with Crippen LogP contribution in [0.5, 0.6) is 0 Å². The summed E-state index contributed by atoms with van der Waals surface area (Å²) in [5.74, 6) is 0. The lowest BCUT2D eigenvalue weighted by atomic mass is 10.1. The van der Waals surface area contributed by atoms with E-state index in [-0.39, 0.29) is 6.04 Å². The first kappa shape index (κ1) is 12.5. The second-order valence-corrected chi connectivity index (χ2v) is 6.12. The summed E-state index contributed by atoms with van der Waals surface area (Å²) in [7, 11) is 0. The molecule has 0 aliphatic heterocycles. The molecule has 1 unspecified atom stereocenters. The molecule has 0 aliphatic carbocycles. The normalized spacial score (nSPS) is 12.5. The van der Waals surface area contributed by atoms with Crippen LogP contribution in [-0.4, -0.2) is 0 Å². The van der Waals surface area contributed by atoms with Crippen LogP contribution in [0, 0.1) is 0 Å². The van der Waals surface area contributed by atoms with Crippen LogP contribution in [0.4, 0.5) is 5.69 Å². The van der Waals surface area contributed by atoms with Gasteiger partial charge in [-0.05, 0) is 35.4 Å². The van der Waals surface area contributed by atoms with Gasteiger partial charge in [-0.25, -0.2) is 0 Å². The number of fused-ring (bicyclic) bond motifs is 1. The van der Waals surface area contributed by atoms with Gasteiger partial charge in [0.05, 0.1) is 4.34 Å². The fourth-order valence-corrected chi connectivity index (χ4v) is 3.20. The summed E-state index contributed by atoms with van der Waals surface area (Å²) in [6.07, 6.45) is 0. The van der Waals surface area contributed by atoms with Crippen LogP contribution in [0.25, 0.3) is 10.8 Å². The minimum Gasteiger partial charge on any atom is -0.378 e. The molecule has 1 heterocycles. The highest BCUT2D eigenvalue weighted by Crippen LogP contribution is 2.30. The summed E-state index contributed by atoms with van der Waals surface area (Å²) in [4.78, 5) is 0. The van der Waals surface area contributed by atoms with Crippen molar-refractivity contribution in [2.75, 3.05) is 5.32 Å². The fraction of sp³-hybridized carbons (Fsp3) is 0.125. The smallest absolute Gasteiger partial charge is 0.0931 e. The molecule has 19 heavy (non-hydrogen) atoms. The van der Waals surface area contributed by atoms with Crippen LogP contribution in [0.1, 0.15) is 18.5 Å². The van der Waals surface area contributed by atoms with Gasteiger partial charge in [-0.3, -0.25) is 0 Å². The number of hydrogen-bond donors (Lipinski definition) is 1. The second kappa shape index (κ2) is 5.24. The molecular weight excluding hydrogens is 274 g/mol. The number of benzene rings is 2. The van der Waals surface area contributed by atoms with Crippen LogP contribution in [0.3, 0.4) is 0 Å². The van der Waals surface area contributed by atoms with Gasteiger partial charge in [0.15, 0.2) is 0 Å². The van der Waals surface area contributed by atoms with E-state index in [4.69, 9.17) is 11.6 Å². The van der Waals surface area contributed by atoms with Crippen LogP contribution >= 0.6 is 22.9 Å². The standard InChI is InChI=1S/C16H14ClNS/c1-11(13-9-16(17)19-10-13)18-15-8-4-6-12-5-2-3-7-14(12)15/h2-11,18H,1H3.